The number of hydrogen-bond donors (Lipinski definition) is 1. The molecule has 2 rings (SSSR count). The van der Waals surface area contributed by atoms with Crippen molar-refractivity contribution in [1.82, 2.24) is 15.1 Å². The molecule has 0 aliphatic rings. The van der Waals surface area contributed by atoms with Gasteiger partial charge in [0.1, 0.15) is 18.8 Å². The van der Waals surface area contributed by atoms with Crippen molar-refractivity contribution in [3.8, 4) is 11.5 Å². The number of hydrogen-bond acceptors (Lipinski definition) is 7. The predicted octanol–water partition coefficient (Wildman–Crippen LogP) is 2.85. The molecule has 0 unspecified atom stereocenters. The van der Waals surface area contributed by atoms with Crippen LogP contribution >= 0.6 is 0 Å². The van der Waals surface area contributed by atoms with Gasteiger partial charge in [0, 0.05) is 12.6 Å². The Morgan fingerprint density at radius 3 is 2.43 bits per heavy atom. The molecule has 0 saturated heterocycles. The molecule has 1 N–H and O–H groups in total. The number of benzene rings is 1. The van der Waals surface area contributed by atoms with Crippen LogP contribution in [0.4, 0.5) is 4.79 Å². The highest BCUT2D eigenvalue weighted by atomic mass is 16.5. The van der Waals surface area contributed by atoms with Crippen LogP contribution in [0.1, 0.15) is 32.1 Å². The zero-order chi connectivity index (χ0) is 25.8. The minimum atomic E-state index is -0.537. The Morgan fingerprint density at radius 1 is 1.09 bits per heavy atom. The summed E-state index contributed by atoms with van der Waals surface area (Å²) in [5.41, 5.74) is 0.966. The third-order valence-electron chi connectivity index (χ3n) is 5.28. The number of amides is 3. The zero-order valence-electron chi connectivity index (χ0n) is 21.0. The fourth-order valence-corrected chi connectivity index (χ4v) is 3.38. The monoisotopic (exact) mass is 489 g/mol. The number of carbonyl (C=O) groups is 3. The molecule has 0 bridgehead atoms. The quantitative estimate of drug-likeness (QED) is 0.431. The fourth-order valence-electron chi connectivity index (χ4n) is 3.38. The molecule has 3 amide bonds. The molecule has 1 aromatic carbocycles. The number of carbonyl (C=O) groups excluding carboxylic acids is 3. The Hall–Kier alpha value is -3.69. The van der Waals surface area contributed by atoms with E-state index in [0.717, 1.165) is 5.56 Å². The molecule has 0 spiro atoms. The van der Waals surface area contributed by atoms with Gasteiger partial charge in [0.05, 0.1) is 33.6 Å². The van der Waals surface area contributed by atoms with E-state index in [-0.39, 0.29) is 38.2 Å². The molecule has 0 radical (unpaired) electrons. The lowest BCUT2D eigenvalue weighted by Gasteiger charge is -2.30. The predicted molar refractivity (Wildman–Crippen MR) is 129 cm³/mol. The summed E-state index contributed by atoms with van der Waals surface area (Å²) in [6.07, 6.45) is 2.11. The van der Waals surface area contributed by atoms with E-state index in [1.165, 1.54) is 4.90 Å². The molecule has 1 heterocycles. The van der Waals surface area contributed by atoms with Gasteiger partial charge in [-0.1, -0.05) is 6.07 Å². The van der Waals surface area contributed by atoms with Crippen molar-refractivity contribution in [1.29, 1.82) is 0 Å². The van der Waals surface area contributed by atoms with Crippen LogP contribution in [0, 0.1) is 0 Å². The molecule has 0 atom stereocenters. The van der Waals surface area contributed by atoms with E-state index in [9.17, 15) is 14.4 Å². The van der Waals surface area contributed by atoms with E-state index in [1.807, 2.05) is 18.2 Å². The van der Waals surface area contributed by atoms with Crippen LogP contribution in [-0.4, -0.2) is 74.2 Å². The van der Waals surface area contributed by atoms with Crippen molar-refractivity contribution in [2.24, 2.45) is 0 Å². The van der Waals surface area contributed by atoms with Gasteiger partial charge in [0.2, 0.25) is 5.91 Å². The average Bonchev–Trinajstić information content (AvgIpc) is 3.36. The first-order valence-electron chi connectivity index (χ1n) is 11.5. The normalized spacial score (nSPS) is 10.6. The molecular formula is C25H35N3O7. The molecule has 2 aromatic rings. The van der Waals surface area contributed by atoms with Gasteiger partial charge in [-0.15, -0.1) is 0 Å². The van der Waals surface area contributed by atoms with E-state index >= 15 is 0 Å². The summed E-state index contributed by atoms with van der Waals surface area (Å²) < 4.78 is 20.9. The lowest BCUT2D eigenvalue weighted by Crippen LogP contribution is -2.50. The van der Waals surface area contributed by atoms with Gasteiger partial charge in [-0.25, -0.2) is 4.79 Å². The van der Waals surface area contributed by atoms with Crippen molar-refractivity contribution in [2.75, 3.05) is 40.5 Å². The smallest absolute Gasteiger partial charge is 0.325 e. The average molecular weight is 490 g/mol. The van der Waals surface area contributed by atoms with Crippen molar-refractivity contribution in [3.05, 3.63) is 47.9 Å². The summed E-state index contributed by atoms with van der Waals surface area (Å²) in [5, 5.41) is 2.52. The molecule has 10 heteroatoms. The molecular weight excluding hydrogens is 454 g/mol. The van der Waals surface area contributed by atoms with Gasteiger partial charge in [0.15, 0.2) is 11.5 Å². The molecule has 0 fully saturated rings. The maximum Gasteiger partial charge on any atom is 0.325 e. The topological polar surface area (TPSA) is 111 Å². The van der Waals surface area contributed by atoms with Crippen LogP contribution in [0.25, 0.3) is 0 Å². The first-order chi connectivity index (χ1) is 16.8. The van der Waals surface area contributed by atoms with Gasteiger partial charge in [-0.05, 0) is 57.0 Å². The second-order valence-corrected chi connectivity index (χ2v) is 8.02. The summed E-state index contributed by atoms with van der Waals surface area (Å²) in [7, 11) is 3.15. The minimum Gasteiger partial charge on any atom is -0.493 e. The Morgan fingerprint density at radius 2 is 1.83 bits per heavy atom. The number of nitrogens with zero attached hydrogens (tertiary/aromatic N) is 2. The lowest BCUT2D eigenvalue weighted by atomic mass is 10.1. The third-order valence-corrected chi connectivity index (χ3v) is 5.28. The summed E-state index contributed by atoms with van der Waals surface area (Å²) in [6, 6.07) is 8.38. The van der Waals surface area contributed by atoms with Gasteiger partial charge in [-0.3, -0.25) is 9.59 Å². The van der Waals surface area contributed by atoms with Crippen molar-refractivity contribution < 1.29 is 33.0 Å². The number of ether oxygens (including phenoxy) is 3. The molecule has 0 saturated carbocycles. The summed E-state index contributed by atoms with van der Waals surface area (Å²) in [4.78, 5) is 40.6. The molecule has 10 nitrogen and oxygen atoms in total. The Bertz CT molecular complexity index is 960. The number of rotatable bonds is 13. The van der Waals surface area contributed by atoms with Crippen LogP contribution in [0.2, 0.25) is 0 Å². The highest BCUT2D eigenvalue weighted by Gasteiger charge is 2.24. The number of nitrogens with one attached hydrogen (secondary N) is 1. The first-order valence-corrected chi connectivity index (χ1v) is 11.5. The standard InChI is InChI=1S/C25H35N3O7/c1-6-34-24(30)15-26-25(31)28(18(2)3)17-23(29)27(16-20-8-7-13-35-20)12-11-19-9-10-21(32-4)22(14-19)33-5/h7-10,13-14,18H,6,11-12,15-17H2,1-5H3,(H,26,31). The van der Waals surface area contributed by atoms with Crippen LogP contribution in [0.5, 0.6) is 11.5 Å². The Kier molecular flexibility index (Phi) is 10.9. The van der Waals surface area contributed by atoms with Gasteiger partial charge in [-0.2, -0.15) is 0 Å². The second-order valence-electron chi connectivity index (χ2n) is 8.02. The van der Waals surface area contributed by atoms with E-state index < -0.39 is 12.0 Å². The summed E-state index contributed by atoms with van der Waals surface area (Å²) >= 11 is 0. The highest BCUT2D eigenvalue weighted by molar-refractivity contribution is 5.86. The summed E-state index contributed by atoms with van der Waals surface area (Å²) in [6.45, 7) is 5.76. The van der Waals surface area contributed by atoms with E-state index in [0.29, 0.717) is 30.2 Å². The number of furan rings is 1. The van der Waals surface area contributed by atoms with Crippen LogP contribution in [0.15, 0.2) is 41.0 Å². The molecule has 35 heavy (non-hydrogen) atoms. The van der Waals surface area contributed by atoms with Crippen LogP contribution < -0.4 is 14.8 Å². The molecule has 1 aromatic heterocycles. The van der Waals surface area contributed by atoms with Crippen LogP contribution in [0.3, 0.4) is 0 Å². The summed E-state index contributed by atoms with van der Waals surface area (Å²) in [5.74, 6) is 1.08. The second kappa shape index (κ2) is 13.9. The Labute approximate surface area is 206 Å². The van der Waals surface area contributed by atoms with E-state index in [1.54, 1.807) is 58.3 Å². The molecule has 0 aliphatic carbocycles. The van der Waals surface area contributed by atoms with Gasteiger partial charge in [0.25, 0.3) is 0 Å². The zero-order valence-corrected chi connectivity index (χ0v) is 21.0. The maximum absolute atomic E-state index is 13.3. The maximum atomic E-state index is 13.3. The number of esters is 1. The first kappa shape index (κ1) is 27.6. The Balaban J connectivity index is 2.11. The van der Waals surface area contributed by atoms with Crippen molar-refractivity contribution >= 4 is 17.9 Å². The fraction of sp³-hybridized carbons (Fsp3) is 0.480. The van der Waals surface area contributed by atoms with Crippen molar-refractivity contribution in [2.45, 2.75) is 39.8 Å². The molecule has 192 valence electrons. The third kappa shape index (κ3) is 8.55. The van der Waals surface area contributed by atoms with E-state index in [4.69, 9.17) is 18.6 Å². The number of urea groups is 1. The van der Waals surface area contributed by atoms with Gasteiger partial charge < -0.3 is 33.7 Å². The highest BCUT2D eigenvalue weighted by Crippen LogP contribution is 2.27. The lowest BCUT2D eigenvalue weighted by molar-refractivity contribution is -0.141. The largest absolute Gasteiger partial charge is 0.493 e. The van der Waals surface area contributed by atoms with Gasteiger partial charge >= 0.3 is 12.0 Å². The SMILES string of the molecule is CCOC(=O)CNC(=O)N(CC(=O)N(CCc1ccc(OC)c(OC)c1)Cc1ccco1)C(C)C. The van der Waals surface area contributed by atoms with Crippen molar-refractivity contribution in [3.63, 3.8) is 0 Å². The van der Waals surface area contributed by atoms with E-state index in [2.05, 4.69) is 5.32 Å². The minimum absolute atomic E-state index is 0.154. The molecule has 0 aliphatic heterocycles. The number of methoxy groups -OCH3 is 2. The van der Waals surface area contributed by atoms with Crippen LogP contribution in [-0.2, 0) is 27.3 Å².